The van der Waals surface area contributed by atoms with Crippen LogP contribution in [0.3, 0.4) is 0 Å². The van der Waals surface area contributed by atoms with Gasteiger partial charge in [-0.3, -0.25) is 4.79 Å². The lowest BCUT2D eigenvalue weighted by Gasteiger charge is -2.19. The molecule has 0 bridgehead atoms. The molecule has 0 aromatic heterocycles. The Morgan fingerprint density at radius 3 is 2.30 bits per heavy atom. The monoisotopic (exact) mass is 322 g/mol. The van der Waals surface area contributed by atoms with E-state index in [4.69, 9.17) is 11.5 Å². The van der Waals surface area contributed by atoms with Gasteiger partial charge in [0.05, 0.1) is 6.61 Å². The van der Waals surface area contributed by atoms with Crippen LogP contribution in [0.1, 0.15) is 77.0 Å². The fourth-order valence-electron chi connectivity index (χ4n) is 2.78. The van der Waals surface area contributed by atoms with E-state index in [2.05, 4.69) is 22.1 Å². The number of aliphatic hydroxyl groups is 1. The van der Waals surface area contributed by atoms with Gasteiger partial charge < -0.3 is 21.3 Å². The summed E-state index contributed by atoms with van der Waals surface area (Å²) >= 11 is 0. The largest absolute Gasteiger partial charge is 0.582 e. The summed E-state index contributed by atoms with van der Waals surface area (Å²) in [6.07, 6.45) is 18.2. The Morgan fingerprint density at radius 1 is 1.09 bits per heavy atom. The molecule has 1 saturated heterocycles. The predicted octanol–water partition coefficient (Wildman–Crippen LogP) is 3.00. The second-order valence-electron chi connectivity index (χ2n) is 6.36. The van der Waals surface area contributed by atoms with Crippen LogP contribution < -0.4 is 10.7 Å². The van der Waals surface area contributed by atoms with E-state index in [1.807, 2.05) is 0 Å². The fourth-order valence-corrected chi connectivity index (χ4v) is 2.78. The molecule has 1 aliphatic rings. The van der Waals surface area contributed by atoms with Crippen molar-refractivity contribution in [3.05, 3.63) is 5.43 Å². The number of aliphatic hydroxyl groups excluding tert-OH is 1. The average molecular weight is 322 g/mol. The van der Waals surface area contributed by atoms with Crippen molar-refractivity contribution in [3.63, 3.8) is 0 Å². The molecule has 5 nitrogen and oxygen atoms in total. The lowest BCUT2D eigenvalue weighted by Crippen LogP contribution is -2.25. The highest BCUT2D eigenvalue weighted by Gasteiger charge is 2.24. The van der Waals surface area contributed by atoms with Gasteiger partial charge in [0.1, 0.15) is 0 Å². The van der Waals surface area contributed by atoms with Gasteiger partial charge in [0.25, 0.3) is 0 Å². The summed E-state index contributed by atoms with van der Waals surface area (Å²) < 4.78 is 0. The Hall–Kier alpha value is -1.09. The molecule has 1 unspecified atom stereocenters. The van der Waals surface area contributed by atoms with Crippen LogP contribution in [0, 0.1) is 12.3 Å². The molecule has 5 heteroatoms. The number of nitrogens with one attached hydrogen (secondary N) is 2. The topological polar surface area (TPSA) is 85.4 Å². The van der Waals surface area contributed by atoms with Crippen molar-refractivity contribution in [1.29, 1.82) is 0 Å². The summed E-state index contributed by atoms with van der Waals surface area (Å²) in [5.41, 5.74) is 7.54. The summed E-state index contributed by atoms with van der Waals surface area (Å²) in [7, 11) is 0. The molecule has 0 spiro atoms. The SMILES string of the molecule is C#CCCCC1(CCCCCCCCCC(=O)NCCO)[N-]N1. The third-order valence-corrected chi connectivity index (χ3v) is 4.27. The number of carbonyl (C=O) groups excluding carboxylic acids is 1. The van der Waals surface area contributed by atoms with E-state index >= 15 is 0 Å². The molecule has 3 N–H and O–H groups in total. The van der Waals surface area contributed by atoms with Gasteiger partial charge in [-0.15, -0.1) is 12.3 Å². The molecule has 1 rings (SSSR count). The number of hydrogen-bond acceptors (Lipinski definition) is 3. The molecular weight excluding hydrogens is 290 g/mol. The predicted molar refractivity (Wildman–Crippen MR) is 93.6 cm³/mol. The molecular formula is C18H32N3O2-. The maximum atomic E-state index is 11.3. The summed E-state index contributed by atoms with van der Waals surface area (Å²) in [4.78, 5) is 11.3. The molecule has 0 aliphatic carbocycles. The summed E-state index contributed by atoms with van der Waals surface area (Å²) in [5.74, 6) is 2.73. The van der Waals surface area contributed by atoms with E-state index < -0.39 is 0 Å². The number of carbonyl (C=O) groups is 1. The van der Waals surface area contributed by atoms with Crippen LogP contribution in [0.25, 0.3) is 5.43 Å². The molecule has 23 heavy (non-hydrogen) atoms. The maximum absolute atomic E-state index is 11.3. The Morgan fingerprint density at radius 2 is 1.70 bits per heavy atom. The molecule has 0 saturated carbocycles. The highest BCUT2D eigenvalue weighted by Crippen LogP contribution is 2.37. The summed E-state index contributed by atoms with van der Waals surface area (Å²) in [5, 5.41) is 11.3. The molecule has 1 atom stereocenters. The van der Waals surface area contributed by atoms with Gasteiger partial charge in [-0.1, -0.05) is 57.0 Å². The third-order valence-electron chi connectivity index (χ3n) is 4.27. The molecule has 1 amide bonds. The first-order valence-corrected chi connectivity index (χ1v) is 9.02. The molecule has 1 aliphatic heterocycles. The van der Waals surface area contributed by atoms with Crippen LogP contribution in [0.5, 0.6) is 0 Å². The maximum Gasteiger partial charge on any atom is 0.220 e. The minimum absolute atomic E-state index is 0.0136. The van der Waals surface area contributed by atoms with E-state index in [1.165, 1.54) is 32.1 Å². The molecule has 0 radical (unpaired) electrons. The zero-order valence-electron chi connectivity index (χ0n) is 14.3. The van der Waals surface area contributed by atoms with Gasteiger partial charge in [-0.25, -0.2) is 0 Å². The van der Waals surface area contributed by atoms with E-state index in [9.17, 15) is 4.79 Å². The van der Waals surface area contributed by atoms with Crippen molar-refractivity contribution in [3.8, 4) is 12.3 Å². The van der Waals surface area contributed by atoms with Gasteiger partial charge in [0, 0.05) is 19.4 Å². The quantitative estimate of drug-likeness (QED) is 0.246. The van der Waals surface area contributed by atoms with Crippen LogP contribution in [-0.2, 0) is 4.79 Å². The summed E-state index contributed by atoms with van der Waals surface area (Å²) in [6.45, 7) is 0.379. The number of hydrogen-bond donors (Lipinski definition) is 3. The minimum Gasteiger partial charge on any atom is -0.582 e. The fraction of sp³-hybridized carbons (Fsp3) is 0.833. The molecule has 0 aromatic carbocycles. The average Bonchev–Trinajstić information content (AvgIpc) is 3.31. The smallest absolute Gasteiger partial charge is 0.220 e. The zero-order chi connectivity index (χ0) is 16.8. The molecule has 1 fully saturated rings. The Bertz CT molecular complexity index is 362. The molecule has 132 valence electrons. The zero-order valence-corrected chi connectivity index (χ0v) is 14.3. The highest BCUT2D eigenvalue weighted by molar-refractivity contribution is 5.75. The van der Waals surface area contributed by atoms with Gasteiger partial charge in [-0.2, -0.15) is 0 Å². The van der Waals surface area contributed by atoms with Crippen LogP contribution in [0.15, 0.2) is 0 Å². The Labute approximate surface area is 141 Å². The molecule has 1 heterocycles. The second kappa shape index (κ2) is 12.3. The minimum atomic E-state index is 0.0136. The van der Waals surface area contributed by atoms with Gasteiger partial charge in [0.2, 0.25) is 5.91 Å². The number of unbranched alkanes of at least 4 members (excludes halogenated alkanes) is 7. The highest BCUT2D eigenvalue weighted by atomic mass is 16.3. The van der Waals surface area contributed by atoms with E-state index in [0.29, 0.717) is 13.0 Å². The van der Waals surface area contributed by atoms with Crippen LogP contribution >= 0.6 is 0 Å². The summed E-state index contributed by atoms with van der Waals surface area (Å²) in [6, 6.07) is 0. The standard InChI is InChI=1S/C18H32N3O2/c1-2-3-10-13-18(20-21-18)14-11-8-6-4-5-7-9-12-17(23)19-15-16-22/h1,20,22H,3-16H2,(H,19,23)/q-1. The second-order valence-corrected chi connectivity index (χ2v) is 6.36. The number of terminal acetylenes is 1. The number of rotatable bonds is 15. The van der Waals surface area contributed by atoms with Gasteiger partial charge >= 0.3 is 0 Å². The van der Waals surface area contributed by atoms with Gasteiger partial charge in [-0.05, 0) is 12.8 Å². The van der Waals surface area contributed by atoms with Crippen LogP contribution in [-0.4, -0.2) is 29.8 Å². The van der Waals surface area contributed by atoms with Gasteiger partial charge in [0.15, 0.2) is 0 Å². The number of amides is 1. The normalized spacial score (nSPS) is 19.3. The Balaban J connectivity index is 1.83. The lowest BCUT2D eigenvalue weighted by atomic mass is 9.99. The van der Waals surface area contributed by atoms with Crippen molar-refractivity contribution in [1.82, 2.24) is 10.7 Å². The van der Waals surface area contributed by atoms with E-state index in [-0.39, 0.29) is 18.2 Å². The van der Waals surface area contributed by atoms with Crippen molar-refractivity contribution in [2.75, 3.05) is 13.2 Å². The van der Waals surface area contributed by atoms with Crippen molar-refractivity contribution < 1.29 is 9.90 Å². The lowest BCUT2D eigenvalue weighted by molar-refractivity contribution is -0.121. The molecule has 0 aromatic rings. The Kier molecular flexibility index (Phi) is 10.7. The van der Waals surface area contributed by atoms with E-state index in [1.54, 1.807) is 0 Å². The van der Waals surface area contributed by atoms with Crippen molar-refractivity contribution >= 4 is 5.91 Å². The van der Waals surface area contributed by atoms with Crippen LogP contribution in [0.2, 0.25) is 0 Å². The first kappa shape index (κ1) is 20.0. The first-order valence-electron chi connectivity index (χ1n) is 9.02. The number of nitrogens with zero attached hydrogens (tertiary/aromatic N) is 1. The first-order chi connectivity index (χ1) is 11.2. The van der Waals surface area contributed by atoms with E-state index in [0.717, 1.165) is 38.5 Å². The third kappa shape index (κ3) is 10.3. The van der Waals surface area contributed by atoms with Crippen LogP contribution in [0.4, 0.5) is 0 Å². The van der Waals surface area contributed by atoms with Crippen molar-refractivity contribution in [2.45, 2.75) is 82.7 Å². The van der Waals surface area contributed by atoms with Crippen molar-refractivity contribution in [2.24, 2.45) is 0 Å².